The number of hydrogen-bond acceptors (Lipinski definition) is 5. The molecule has 0 fully saturated rings. The van der Waals surface area contributed by atoms with Crippen molar-refractivity contribution in [3.8, 4) is 11.5 Å². The van der Waals surface area contributed by atoms with E-state index in [2.05, 4.69) is 15.4 Å². The smallest absolute Gasteiger partial charge is 0.257 e. The Labute approximate surface area is 148 Å². The molecule has 25 heavy (non-hydrogen) atoms. The van der Waals surface area contributed by atoms with Crippen molar-refractivity contribution in [1.29, 1.82) is 0 Å². The lowest BCUT2D eigenvalue weighted by Gasteiger charge is -2.05. The molecule has 2 aromatic heterocycles. The molecule has 4 rings (SSSR count). The second kappa shape index (κ2) is 6.45. The number of nitrogens with one attached hydrogen (secondary N) is 1. The molecule has 0 radical (unpaired) electrons. The summed E-state index contributed by atoms with van der Waals surface area (Å²) in [5.74, 6) is 1.04. The zero-order chi connectivity index (χ0) is 17.2. The van der Waals surface area contributed by atoms with Crippen molar-refractivity contribution in [1.82, 2.24) is 14.8 Å². The van der Waals surface area contributed by atoms with E-state index >= 15 is 0 Å². The van der Waals surface area contributed by atoms with E-state index in [9.17, 15) is 4.79 Å². The number of rotatable bonds is 4. The molecule has 8 heteroatoms. The van der Waals surface area contributed by atoms with E-state index in [0.717, 1.165) is 5.56 Å². The van der Waals surface area contributed by atoms with Crippen LogP contribution in [-0.2, 0) is 6.54 Å². The molecule has 0 saturated heterocycles. The van der Waals surface area contributed by atoms with E-state index in [1.54, 1.807) is 35.4 Å². The number of pyridine rings is 1. The zero-order valence-corrected chi connectivity index (χ0v) is 13.7. The minimum absolute atomic E-state index is 0.0961. The molecule has 126 valence electrons. The van der Waals surface area contributed by atoms with Crippen molar-refractivity contribution in [2.75, 3.05) is 12.1 Å². The SMILES string of the molecule is O=C(Nc1ccn(Cc2cccnc2)n1)c1cc(Cl)c2c(c1)OCO2. The molecule has 0 spiro atoms. The average Bonchev–Trinajstić information content (AvgIpc) is 3.25. The predicted octanol–water partition coefficient (Wildman–Crippen LogP) is 2.96. The second-order valence-corrected chi connectivity index (χ2v) is 5.81. The van der Waals surface area contributed by atoms with Gasteiger partial charge in [0.1, 0.15) is 0 Å². The fourth-order valence-corrected chi connectivity index (χ4v) is 2.75. The molecule has 1 N–H and O–H groups in total. The third-order valence-electron chi connectivity index (χ3n) is 3.64. The highest BCUT2D eigenvalue weighted by molar-refractivity contribution is 6.32. The molecule has 1 amide bonds. The van der Waals surface area contributed by atoms with Crippen LogP contribution in [0.25, 0.3) is 0 Å². The maximum Gasteiger partial charge on any atom is 0.257 e. The van der Waals surface area contributed by atoms with Gasteiger partial charge >= 0.3 is 0 Å². The summed E-state index contributed by atoms with van der Waals surface area (Å²) in [4.78, 5) is 16.5. The van der Waals surface area contributed by atoms with Gasteiger partial charge in [0, 0.05) is 30.2 Å². The van der Waals surface area contributed by atoms with Crippen LogP contribution in [0.1, 0.15) is 15.9 Å². The lowest BCUT2D eigenvalue weighted by molar-refractivity contribution is 0.102. The lowest BCUT2D eigenvalue weighted by Crippen LogP contribution is -2.13. The van der Waals surface area contributed by atoms with Gasteiger partial charge in [0.2, 0.25) is 6.79 Å². The third kappa shape index (κ3) is 3.27. The van der Waals surface area contributed by atoms with Gasteiger partial charge < -0.3 is 14.8 Å². The van der Waals surface area contributed by atoms with Gasteiger partial charge in [-0.1, -0.05) is 17.7 Å². The van der Waals surface area contributed by atoms with Crippen LogP contribution in [0.4, 0.5) is 5.82 Å². The minimum Gasteiger partial charge on any atom is -0.454 e. The quantitative estimate of drug-likeness (QED) is 0.777. The van der Waals surface area contributed by atoms with E-state index in [4.69, 9.17) is 21.1 Å². The molecule has 3 aromatic rings. The second-order valence-electron chi connectivity index (χ2n) is 5.41. The maximum absolute atomic E-state index is 12.4. The molecule has 3 heterocycles. The molecule has 1 aromatic carbocycles. The summed E-state index contributed by atoms with van der Waals surface area (Å²) in [5.41, 5.74) is 1.39. The average molecular weight is 357 g/mol. The minimum atomic E-state index is -0.327. The Balaban J connectivity index is 1.47. The third-order valence-corrected chi connectivity index (χ3v) is 3.92. The summed E-state index contributed by atoms with van der Waals surface area (Å²) >= 11 is 6.11. The summed E-state index contributed by atoms with van der Waals surface area (Å²) in [7, 11) is 0. The Kier molecular flexibility index (Phi) is 3.99. The van der Waals surface area contributed by atoms with Gasteiger partial charge in [0.15, 0.2) is 17.3 Å². The topological polar surface area (TPSA) is 78.3 Å². The van der Waals surface area contributed by atoms with Crippen molar-refractivity contribution in [2.24, 2.45) is 0 Å². The summed E-state index contributed by atoms with van der Waals surface area (Å²) in [6, 6.07) is 8.68. The predicted molar refractivity (Wildman–Crippen MR) is 91.1 cm³/mol. The van der Waals surface area contributed by atoms with Crippen molar-refractivity contribution < 1.29 is 14.3 Å². The van der Waals surface area contributed by atoms with Crippen molar-refractivity contribution in [2.45, 2.75) is 6.54 Å². The molecule has 0 atom stereocenters. The molecule has 1 aliphatic heterocycles. The fourth-order valence-electron chi connectivity index (χ4n) is 2.48. The van der Waals surface area contributed by atoms with E-state index in [-0.39, 0.29) is 12.7 Å². The molecule has 7 nitrogen and oxygen atoms in total. The van der Waals surface area contributed by atoms with E-state index < -0.39 is 0 Å². The van der Waals surface area contributed by atoms with Crippen LogP contribution in [0.2, 0.25) is 5.02 Å². The number of fused-ring (bicyclic) bond motifs is 1. The fraction of sp³-hybridized carbons (Fsp3) is 0.118. The molecule has 0 bridgehead atoms. The first kappa shape index (κ1) is 15.5. The first-order valence-electron chi connectivity index (χ1n) is 7.52. The van der Waals surface area contributed by atoms with Gasteiger partial charge in [-0.25, -0.2) is 0 Å². The monoisotopic (exact) mass is 356 g/mol. The van der Waals surface area contributed by atoms with Crippen molar-refractivity contribution >= 4 is 23.3 Å². The summed E-state index contributed by atoms with van der Waals surface area (Å²) in [5, 5.41) is 7.41. The maximum atomic E-state index is 12.4. The number of anilines is 1. The van der Waals surface area contributed by atoms with Crippen LogP contribution in [0.5, 0.6) is 11.5 Å². The Morgan fingerprint density at radius 3 is 3.08 bits per heavy atom. The normalized spacial score (nSPS) is 12.2. The first-order chi connectivity index (χ1) is 12.2. The van der Waals surface area contributed by atoms with Crippen LogP contribution in [0.15, 0.2) is 48.9 Å². The van der Waals surface area contributed by atoms with Gasteiger partial charge in [0.05, 0.1) is 11.6 Å². The Bertz CT molecular complexity index is 927. The molecule has 0 saturated carbocycles. The summed E-state index contributed by atoms with van der Waals surface area (Å²) < 4.78 is 12.2. The highest BCUT2D eigenvalue weighted by Gasteiger charge is 2.21. The van der Waals surface area contributed by atoms with Crippen molar-refractivity contribution in [3.05, 3.63) is 65.1 Å². The van der Waals surface area contributed by atoms with Crippen LogP contribution < -0.4 is 14.8 Å². The molecular formula is C17H13ClN4O3. The Morgan fingerprint density at radius 1 is 1.32 bits per heavy atom. The first-order valence-corrected chi connectivity index (χ1v) is 7.90. The van der Waals surface area contributed by atoms with E-state index in [0.29, 0.717) is 34.4 Å². The van der Waals surface area contributed by atoms with Crippen molar-refractivity contribution in [3.63, 3.8) is 0 Å². The van der Waals surface area contributed by atoms with Gasteiger partial charge in [-0.3, -0.25) is 14.5 Å². The van der Waals surface area contributed by atoms with E-state index in [1.165, 1.54) is 6.07 Å². The number of hydrogen-bond donors (Lipinski definition) is 1. The number of aromatic nitrogens is 3. The highest BCUT2D eigenvalue weighted by atomic mass is 35.5. The molecule has 0 unspecified atom stereocenters. The number of carbonyl (C=O) groups is 1. The van der Waals surface area contributed by atoms with Crippen LogP contribution in [0.3, 0.4) is 0 Å². The molecule has 0 aliphatic carbocycles. The van der Waals surface area contributed by atoms with Gasteiger partial charge in [-0.05, 0) is 23.8 Å². The van der Waals surface area contributed by atoms with Gasteiger partial charge in [0.25, 0.3) is 5.91 Å². The highest BCUT2D eigenvalue weighted by Crippen LogP contribution is 2.39. The van der Waals surface area contributed by atoms with Crippen LogP contribution in [0, 0.1) is 0 Å². The molecule has 1 aliphatic rings. The number of benzene rings is 1. The largest absolute Gasteiger partial charge is 0.454 e. The van der Waals surface area contributed by atoms with Crippen LogP contribution in [-0.4, -0.2) is 27.5 Å². The number of carbonyl (C=O) groups excluding carboxylic acids is 1. The van der Waals surface area contributed by atoms with Gasteiger partial charge in [-0.2, -0.15) is 5.10 Å². The van der Waals surface area contributed by atoms with Gasteiger partial charge in [-0.15, -0.1) is 0 Å². The van der Waals surface area contributed by atoms with E-state index in [1.807, 2.05) is 12.1 Å². The summed E-state index contributed by atoms with van der Waals surface area (Å²) in [6.45, 7) is 0.665. The number of amides is 1. The number of nitrogens with zero attached hydrogens (tertiary/aromatic N) is 3. The molecular weight excluding hydrogens is 344 g/mol. The standard InChI is InChI=1S/C17H13ClN4O3/c18-13-6-12(7-14-16(13)25-10-24-14)17(23)20-15-3-5-22(21-15)9-11-2-1-4-19-8-11/h1-8H,9-10H2,(H,20,21,23). The Hall–Kier alpha value is -3.06. The lowest BCUT2D eigenvalue weighted by atomic mass is 10.2. The zero-order valence-electron chi connectivity index (χ0n) is 13.0. The Morgan fingerprint density at radius 2 is 2.24 bits per heavy atom. The van der Waals surface area contributed by atoms with Crippen LogP contribution >= 0.6 is 11.6 Å². The number of halogens is 1. The summed E-state index contributed by atoms with van der Waals surface area (Å²) in [6.07, 6.45) is 5.28. The number of ether oxygens (including phenoxy) is 2.